The van der Waals surface area contributed by atoms with E-state index in [-0.39, 0.29) is 11.9 Å². The number of benzene rings is 2. The Labute approximate surface area is 167 Å². The van der Waals surface area contributed by atoms with Gasteiger partial charge in [0, 0.05) is 11.6 Å². The second-order valence-corrected chi connectivity index (χ2v) is 9.65. The normalized spacial score (nSPS) is 16.2. The van der Waals surface area contributed by atoms with Crippen LogP contribution in [-0.2, 0) is 16.4 Å². The molecule has 3 aromatic rings. The lowest BCUT2D eigenvalue weighted by atomic mass is 10.1. The predicted molar refractivity (Wildman–Crippen MR) is 111 cm³/mol. The molecule has 1 N–H and O–H groups in total. The van der Waals surface area contributed by atoms with Gasteiger partial charge in [0.2, 0.25) is 10.0 Å². The van der Waals surface area contributed by atoms with Crippen molar-refractivity contribution >= 4 is 48.3 Å². The number of nitrogens with one attached hydrogen (secondary N) is 1. The molecule has 0 fully saturated rings. The van der Waals surface area contributed by atoms with E-state index in [2.05, 4.69) is 10.3 Å². The topological polar surface area (TPSA) is 88.6 Å². The minimum Gasteiger partial charge on any atom is -0.497 e. The second kappa shape index (κ2) is 6.75. The molecule has 146 valence electrons. The largest absolute Gasteiger partial charge is 0.497 e. The van der Waals surface area contributed by atoms with Crippen molar-refractivity contribution in [3.63, 3.8) is 0 Å². The average Bonchev–Trinajstić information content (AvgIpc) is 3.18. The molecule has 2 heterocycles. The van der Waals surface area contributed by atoms with Crippen molar-refractivity contribution in [2.75, 3.05) is 23.0 Å². The molecule has 0 saturated carbocycles. The van der Waals surface area contributed by atoms with Crippen LogP contribution in [0.2, 0.25) is 0 Å². The van der Waals surface area contributed by atoms with Crippen molar-refractivity contribution in [1.29, 1.82) is 0 Å². The molecule has 0 radical (unpaired) electrons. The number of anilines is 2. The Balaban J connectivity index is 1.59. The zero-order valence-corrected chi connectivity index (χ0v) is 17.2. The maximum Gasteiger partial charge on any atom is 0.257 e. The van der Waals surface area contributed by atoms with Crippen LogP contribution in [0, 0.1) is 0 Å². The number of hydrogen-bond acceptors (Lipinski definition) is 6. The summed E-state index contributed by atoms with van der Waals surface area (Å²) >= 11 is 1.37. The Hall–Kier alpha value is -2.65. The fourth-order valence-electron chi connectivity index (χ4n) is 3.50. The molecule has 4 rings (SSSR count). The Morgan fingerprint density at radius 1 is 1.29 bits per heavy atom. The van der Waals surface area contributed by atoms with E-state index < -0.39 is 10.0 Å². The number of aromatic nitrogens is 1. The highest BCUT2D eigenvalue weighted by Crippen LogP contribution is 2.35. The number of carbonyl (C=O) groups excluding carboxylic acids is 1. The van der Waals surface area contributed by atoms with Crippen LogP contribution >= 0.6 is 11.3 Å². The highest BCUT2D eigenvalue weighted by Gasteiger charge is 2.32. The molecule has 28 heavy (non-hydrogen) atoms. The maximum absolute atomic E-state index is 12.7. The number of thiazole rings is 1. The number of methoxy groups -OCH3 is 1. The number of nitrogens with zero attached hydrogens (tertiary/aromatic N) is 2. The van der Waals surface area contributed by atoms with Gasteiger partial charge in [0.1, 0.15) is 5.75 Å². The number of fused-ring (bicyclic) bond motifs is 2. The van der Waals surface area contributed by atoms with Crippen LogP contribution in [0.25, 0.3) is 10.2 Å². The molecule has 1 amide bonds. The molecule has 1 aromatic heterocycles. The summed E-state index contributed by atoms with van der Waals surface area (Å²) in [5, 5.41) is 3.32. The summed E-state index contributed by atoms with van der Waals surface area (Å²) in [6.45, 7) is 1.86. The van der Waals surface area contributed by atoms with Crippen LogP contribution < -0.4 is 14.4 Å². The van der Waals surface area contributed by atoms with E-state index in [4.69, 9.17) is 4.74 Å². The fourth-order valence-corrected chi connectivity index (χ4v) is 5.66. The summed E-state index contributed by atoms with van der Waals surface area (Å²) in [5.41, 5.74) is 2.74. The smallest absolute Gasteiger partial charge is 0.257 e. The minimum atomic E-state index is -3.35. The van der Waals surface area contributed by atoms with Crippen LogP contribution in [0.4, 0.5) is 10.8 Å². The van der Waals surface area contributed by atoms with Gasteiger partial charge in [-0.05, 0) is 55.3 Å². The van der Waals surface area contributed by atoms with Crippen molar-refractivity contribution in [3.8, 4) is 5.75 Å². The van der Waals surface area contributed by atoms with Gasteiger partial charge in [-0.2, -0.15) is 0 Å². The van der Waals surface area contributed by atoms with Crippen molar-refractivity contribution in [3.05, 3.63) is 47.5 Å². The third-order valence-corrected chi connectivity index (χ3v) is 6.87. The molecule has 9 heteroatoms. The Morgan fingerprint density at radius 2 is 2.07 bits per heavy atom. The molecule has 1 aliphatic rings. The number of rotatable bonds is 4. The predicted octanol–water partition coefficient (Wildman–Crippen LogP) is 3.27. The zero-order valence-electron chi connectivity index (χ0n) is 15.6. The van der Waals surface area contributed by atoms with Crippen LogP contribution in [-0.4, -0.2) is 38.7 Å². The maximum atomic E-state index is 12.7. The van der Waals surface area contributed by atoms with Gasteiger partial charge < -0.3 is 4.74 Å². The molecule has 1 unspecified atom stereocenters. The minimum absolute atomic E-state index is 0.164. The molecule has 0 bridgehead atoms. The second-order valence-electron chi connectivity index (χ2n) is 6.76. The standard InChI is InChI=1S/C19H19N3O4S2/c1-11-8-13-9-12(4-7-16(13)22(11)28(3,24)25)18(23)21-19-20-15-6-5-14(26-2)10-17(15)27-19/h4-7,9-11H,8H2,1-3H3,(H,20,21,23). The lowest BCUT2D eigenvalue weighted by Crippen LogP contribution is -2.34. The first-order valence-electron chi connectivity index (χ1n) is 8.64. The molecule has 2 aromatic carbocycles. The molecule has 1 aliphatic heterocycles. The molecule has 7 nitrogen and oxygen atoms in total. The highest BCUT2D eigenvalue weighted by molar-refractivity contribution is 7.92. The SMILES string of the molecule is COc1ccc2nc(NC(=O)c3ccc4c(c3)CC(C)N4S(C)(=O)=O)sc2c1. The molecule has 0 aliphatic carbocycles. The summed E-state index contributed by atoms with van der Waals surface area (Å²) in [7, 11) is -1.75. The monoisotopic (exact) mass is 417 g/mol. The van der Waals surface area contributed by atoms with Gasteiger partial charge in [0.25, 0.3) is 5.91 Å². The van der Waals surface area contributed by atoms with Crippen LogP contribution in [0.5, 0.6) is 5.75 Å². The van der Waals surface area contributed by atoms with Crippen molar-refractivity contribution in [2.24, 2.45) is 0 Å². The Kier molecular flexibility index (Phi) is 4.51. The van der Waals surface area contributed by atoms with Crippen LogP contribution in [0.3, 0.4) is 0 Å². The van der Waals surface area contributed by atoms with E-state index in [1.54, 1.807) is 25.3 Å². The van der Waals surface area contributed by atoms with Gasteiger partial charge in [-0.15, -0.1) is 0 Å². The molecule has 1 atom stereocenters. The van der Waals surface area contributed by atoms with Crippen molar-refractivity contribution in [1.82, 2.24) is 4.98 Å². The van der Waals surface area contributed by atoms with Gasteiger partial charge in [-0.3, -0.25) is 14.4 Å². The van der Waals surface area contributed by atoms with Gasteiger partial charge in [0.15, 0.2) is 5.13 Å². The van der Waals surface area contributed by atoms with E-state index in [0.29, 0.717) is 22.8 Å². The molecule has 0 spiro atoms. The van der Waals surface area contributed by atoms with Crippen molar-refractivity contribution in [2.45, 2.75) is 19.4 Å². The van der Waals surface area contributed by atoms with Crippen LogP contribution in [0.15, 0.2) is 36.4 Å². The molecule has 0 saturated heterocycles. The Morgan fingerprint density at radius 3 is 2.79 bits per heavy atom. The van der Waals surface area contributed by atoms with Gasteiger partial charge in [-0.1, -0.05) is 11.3 Å². The summed E-state index contributed by atoms with van der Waals surface area (Å²) in [4.78, 5) is 17.1. The van der Waals surface area contributed by atoms with Gasteiger partial charge >= 0.3 is 0 Å². The molecular weight excluding hydrogens is 398 g/mol. The Bertz CT molecular complexity index is 1190. The highest BCUT2D eigenvalue weighted by atomic mass is 32.2. The van der Waals surface area contributed by atoms with E-state index >= 15 is 0 Å². The van der Waals surface area contributed by atoms with Gasteiger partial charge in [-0.25, -0.2) is 13.4 Å². The number of hydrogen-bond donors (Lipinski definition) is 1. The van der Waals surface area contributed by atoms with E-state index in [1.165, 1.54) is 21.9 Å². The van der Waals surface area contributed by atoms with Crippen molar-refractivity contribution < 1.29 is 17.9 Å². The summed E-state index contributed by atoms with van der Waals surface area (Å²) < 4.78 is 31.6. The van der Waals surface area contributed by atoms with Crippen LogP contribution in [0.1, 0.15) is 22.8 Å². The first-order valence-corrected chi connectivity index (χ1v) is 11.3. The number of sulfonamides is 1. The third kappa shape index (κ3) is 3.31. The van der Waals surface area contributed by atoms with E-state index in [0.717, 1.165) is 21.5 Å². The summed E-state index contributed by atoms with van der Waals surface area (Å²) in [6, 6.07) is 10.5. The average molecular weight is 418 g/mol. The quantitative estimate of drug-likeness (QED) is 0.704. The molecular formula is C19H19N3O4S2. The lowest BCUT2D eigenvalue weighted by Gasteiger charge is -2.21. The van der Waals surface area contributed by atoms with E-state index in [9.17, 15) is 13.2 Å². The third-order valence-electron chi connectivity index (χ3n) is 4.67. The number of ether oxygens (including phenoxy) is 1. The number of amides is 1. The first-order chi connectivity index (χ1) is 13.3. The lowest BCUT2D eigenvalue weighted by molar-refractivity contribution is 0.102. The summed E-state index contributed by atoms with van der Waals surface area (Å²) in [5.74, 6) is 0.455. The van der Waals surface area contributed by atoms with Gasteiger partial charge in [0.05, 0.1) is 29.3 Å². The fraction of sp³-hybridized carbons (Fsp3) is 0.263. The van der Waals surface area contributed by atoms with E-state index in [1.807, 2.05) is 25.1 Å². The number of carbonyl (C=O) groups is 1. The summed E-state index contributed by atoms with van der Waals surface area (Å²) in [6.07, 6.45) is 1.77. The first kappa shape index (κ1) is 18.7. The zero-order chi connectivity index (χ0) is 20.1.